The van der Waals surface area contributed by atoms with Crippen molar-refractivity contribution in [2.75, 3.05) is 5.32 Å². The second-order valence-electron chi connectivity index (χ2n) is 6.62. The summed E-state index contributed by atoms with van der Waals surface area (Å²) in [6, 6.07) is 12.4. The smallest absolute Gasteiger partial charge is 0.257 e. The first kappa shape index (κ1) is 20.0. The molecule has 0 atom stereocenters. The fourth-order valence-electron chi connectivity index (χ4n) is 2.60. The van der Waals surface area contributed by atoms with E-state index in [2.05, 4.69) is 20.6 Å². The van der Waals surface area contributed by atoms with Gasteiger partial charge in [0, 0.05) is 31.3 Å². The van der Waals surface area contributed by atoms with Crippen LogP contribution in [0.4, 0.5) is 5.69 Å². The van der Waals surface area contributed by atoms with Crippen molar-refractivity contribution in [1.82, 2.24) is 15.3 Å². The molecule has 1 aromatic carbocycles. The third-order valence-electron chi connectivity index (χ3n) is 3.94. The van der Waals surface area contributed by atoms with Gasteiger partial charge in [-0.2, -0.15) is 0 Å². The van der Waals surface area contributed by atoms with E-state index >= 15 is 0 Å². The van der Waals surface area contributed by atoms with Gasteiger partial charge in [-0.3, -0.25) is 19.6 Å². The zero-order chi connectivity index (χ0) is 20.6. The molecule has 0 aliphatic rings. The second-order valence-corrected chi connectivity index (χ2v) is 6.62. The predicted molar refractivity (Wildman–Crippen MR) is 110 cm³/mol. The average molecular weight is 390 g/mol. The number of pyridine rings is 2. The van der Waals surface area contributed by atoms with Gasteiger partial charge in [0.05, 0.1) is 22.9 Å². The Hall–Kier alpha value is -3.74. The Morgan fingerprint density at radius 1 is 0.966 bits per heavy atom. The molecular weight excluding hydrogens is 368 g/mol. The Kier molecular flexibility index (Phi) is 6.52. The normalized spacial score (nSPS) is 10.4. The van der Waals surface area contributed by atoms with Crippen molar-refractivity contribution in [3.8, 4) is 5.75 Å². The van der Waals surface area contributed by atoms with E-state index < -0.39 is 0 Å². The molecule has 0 radical (unpaired) electrons. The first-order chi connectivity index (χ1) is 14.0. The molecular formula is C22H22N4O3. The summed E-state index contributed by atoms with van der Waals surface area (Å²) in [5.74, 6) is -0.118. The van der Waals surface area contributed by atoms with Gasteiger partial charge in [0.15, 0.2) is 0 Å². The molecule has 0 aliphatic carbocycles. The molecule has 3 aromatic rings. The number of carbonyl (C=O) groups excluding carboxylic acids is 2. The highest BCUT2D eigenvalue weighted by molar-refractivity contribution is 6.06. The van der Waals surface area contributed by atoms with Crippen molar-refractivity contribution in [1.29, 1.82) is 0 Å². The summed E-state index contributed by atoms with van der Waals surface area (Å²) in [6.45, 7) is 4.16. The van der Waals surface area contributed by atoms with Crippen molar-refractivity contribution in [3.63, 3.8) is 0 Å². The molecule has 0 aliphatic heterocycles. The maximum Gasteiger partial charge on any atom is 0.257 e. The third kappa shape index (κ3) is 5.62. The Labute approximate surface area is 169 Å². The number of nitrogens with one attached hydrogen (secondary N) is 2. The monoisotopic (exact) mass is 390 g/mol. The molecule has 7 heteroatoms. The van der Waals surface area contributed by atoms with Crippen LogP contribution in [0.1, 0.15) is 40.1 Å². The van der Waals surface area contributed by atoms with Gasteiger partial charge in [0.2, 0.25) is 0 Å². The minimum atomic E-state index is -0.376. The lowest BCUT2D eigenvalue weighted by Crippen LogP contribution is -2.23. The van der Waals surface area contributed by atoms with E-state index in [1.165, 1.54) is 18.5 Å². The van der Waals surface area contributed by atoms with Gasteiger partial charge in [0.1, 0.15) is 5.75 Å². The molecule has 0 spiro atoms. The topological polar surface area (TPSA) is 93.2 Å². The van der Waals surface area contributed by atoms with Crippen LogP contribution in [0.15, 0.2) is 67.3 Å². The zero-order valence-corrected chi connectivity index (χ0v) is 16.3. The van der Waals surface area contributed by atoms with Crippen molar-refractivity contribution in [2.45, 2.75) is 26.5 Å². The van der Waals surface area contributed by atoms with Gasteiger partial charge in [-0.1, -0.05) is 18.2 Å². The molecule has 0 unspecified atom stereocenters. The fraction of sp³-hybridized carbons (Fsp3) is 0.182. The molecule has 2 N–H and O–H groups in total. The first-order valence-electron chi connectivity index (χ1n) is 9.22. The number of amides is 2. The summed E-state index contributed by atoms with van der Waals surface area (Å²) in [6.07, 6.45) is 6.16. The summed E-state index contributed by atoms with van der Waals surface area (Å²) < 4.78 is 5.72. The van der Waals surface area contributed by atoms with Gasteiger partial charge >= 0.3 is 0 Å². The predicted octanol–water partition coefficient (Wildman–Crippen LogP) is 3.45. The van der Waals surface area contributed by atoms with Crippen molar-refractivity contribution in [2.24, 2.45) is 0 Å². The Balaban J connectivity index is 1.69. The summed E-state index contributed by atoms with van der Waals surface area (Å²) in [5.41, 5.74) is 2.01. The Morgan fingerprint density at radius 3 is 2.45 bits per heavy atom. The highest BCUT2D eigenvalue weighted by Crippen LogP contribution is 2.25. The standard InChI is InChI=1S/C22H22N4O3/c1-15(2)29-20-8-4-3-7-19(20)26-22(28)18-10-17(13-24-14-18)21(27)25-12-16-6-5-9-23-11-16/h3-11,13-15H,12H2,1-2H3,(H,25,27)(H,26,28). The molecule has 0 saturated heterocycles. The van der Waals surface area contributed by atoms with E-state index in [0.29, 0.717) is 23.5 Å². The van der Waals surface area contributed by atoms with Crippen LogP contribution in [-0.2, 0) is 6.54 Å². The molecule has 2 aromatic heterocycles. The fourth-order valence-corrected chi connectivity index (χ4v) is 2.60. The summed E-state index contributed by atoms with van der Waals surface area (Å²) >= 11 is 0. The maximum atomic E-state index is 12.7. The molecule has 2 amide bonds. The number of ether oxygens (including phenoxy) is 1. The van der Waals surface area contributed by atoms with Crippen LogP contribution in [0.3, 0.4) is 0 Å². The van der Waals surface area contributed by atoms with Crippen LogP contribution >= 0.6 is 0 Å². The third-order valence-corrected chi connectivity index (χ3v) is 3.94. The number of hydrogen-bond donors (Lipinski definition) is 2. The summed E-state index contributed by atoms with van der Waals surface area (Å²) in [7, 11) is 0. The molecule has 7 nitrogen and oxygen atoms in total. The number of benzene rings is 1. The van der Waals surface area contributed by atoms with Gasteiger partial charge in [0.25, 0.3) is 11.8 Å². The van der Waals surface area contributed by atoms with Crippen LogP contribution in [-0.4, -0.2) is 27.9 Å². The molecule has 0 bridgehead atoms. The summed E-state index contributed by atoms with van der Waals surface area (Å²) in [4.78, 5) is 33.1. The number of aromatic nitrogens is 2. The number of nitrogens with zero attached hydrogens (tertiary/aromatic N) is 2. The highest BCUT2D eigenvalue weighted by atomic mass is 16.5. The second kappa shape index (κ2) is 9.45. The Morgan fingerprint density at radius 2 is 1.72 bits per heavy atom. The highest BCUT2D eigenvalue weighted by Gasteiger charge is 2.14. The largest absolute Gasteiger partial charge is 0.489 e. The van der Waals surface area contributed by atoms with E-state index in [9.17, 15) is 9.59 Å². The van der Waals surface area contributed by atoms with Crippen molar-refractivity contribution < 1.29 is 14.3 Å². The number of para-hydroxylation sites is 2. The van der Waals surface area contributed by atoms with Crippen LogP contribution in [0.2, 0.25) is 0 Å². The van der Waals surface area contributed by atoms with Gasteiger partial charge in [-0.05, 0) is 43.7 Å². The lowest BCUT2D eigenvalue weighted by atomic mass is 10.1. The van der Waals surface area contributed by atoms with Crippen molar-refractivity contribution >= 4 is 17.5 Å². The number of hydrogen-bond acceptors (Lipinski definition) is 5. The van der Waals surface area contributed by atoms with Gasteiger partial charge in [-0.25, -0.2) is 0 Å². The van der Waals surface area contributed by atoms with Crippen LogP contribution < -0.4 is 15.4 Å². The van der Waals surface area contributed by atoms with E-state index in [1.807, 2.05) is 32.0 Å². The SMILES string of the molecule is CC(C)Oc1ccccc1NC(=O)c1cncc(C(=O)NCc2cccnc2)c1. The van der Waals surface area contributed by atoms with E-state index in [4.69, 9.17) is 4.74 Å². The van der Waals surface area contributed by atoms with Crippen LogP contribution in [0.5, 0.6) is 5.75 Å². The van der Waals surface area contributed by atoms with E-state index in [1.54, 1.807) is 30.6 Å². The summed E-state index contributed by atoms with van der Waals surface area (Å²) in [5, 5.41) is 5.60. The number of anilines is 1. The van der Waals surface area contributed by atoms with E-state index in [-0.39, 0.29) is 23.5 Å². The Bertz CT molecular complexity index is 990. The van der Waals surface area contributed by atoms with Crippen LogP contribution in [0.25, 0.3) is 0 Å². The average Bonchev–Trinajstić information content (AvgIpc) is 2.74. The lowest BCUT2D eigenvalue weighted by molar-refractivity contribution is 0.0950. The molecule has 29 heavy (non-hydrogen) atoms. The zero-order valence-electron chi connectivity index (χ0n) is 16.3. The van der Waals surface area contributed by atoms with Gasteiger partial charge < -0.3 is 15.4 Å². The number of carbonyl (C=O) groups is 2. The molecule has 2 heterocycles. The maximum absolute atomic E-state index is 12.7. The molecule has 3 rings (SSSR count). The minimum absolute atomic E-state index is 0.0263. The molecule has 0 saturated carbocycles. The van der Waals surface area contributed by atoms with E-state index in [0.717, 1.165) is 5.56 Å². The lowest BCUT2D eigenvalue weighted by Gasteiger charge is -2.14. The quantitative estimate of drug-likeness (QED) is 0.645. The van der Waals surface area contributed by atoms with Crippen molar-refractivity contribution in [3.05, 3.63) is 83.9 Å². The van der Waals surface area contributed by atoms with Gasteiger partial charge in [-0.15, -0.1) is 0 Å². The number of rotatable bonds is 7. The molecule has 148 valence electrons. The van der Waals surface area contributed by atoms with Crippen LogP contribution in [0, 0.1) is 0 Å². The first-order valence-corrected chi connectivity index (χ1v) is 9.22. The molecule has 0 fully saturated rings. The minimum Gasteiger partial charge on any atom is -0.489 e.